The quantitative estimate of drug-likeness (QED) is 0.409. The Morgan fingerprint density at radius 1 is 1.15 bits per heavy atom. The topological polar surface area (TPSA) is 79.5 Å². The first-order valence-corrected chi connectivity index (χ1v) is 9.50. The molecule has 0 atom stereocenters. The number of nitrogens with one attached hydrogen (secondary N) is 3. The molecule has 1 rings (SSSR count). The van der Waals surface area contributed by atoms with Crippen molar-refractivity contribution in [2.45, 2.75) is 52.7 Å². The normalized spacial score (nSPS) is 11.8. The summed E-state index contributed by atoms with van der Waals surface area (Å²) in [5.41, 5.74) is 2.81. The highest BCUT2D eigenvalue weighted by molar-refractivity contribution is 5.68. The monoisotopic (exact) mass is 375 g/mol. The molecule has 0 bridgehead atoms. The largest absolute Gasteiger partial charge is 0.444 e. The minimum atomic E-state index is -0.495. The number of hydrogen-bond acceptors (Lipinski definition) is 5. The van der Waals surface area contributed by atoms with E-state index < -0.39 is 11.7 Å². The fourth-order valence-corrected chi connectivity index (χ4v) is 2.41. The number of rotatable bonds is 11. The van der Waals surface area contributed by atoms with Gasteiger partial charge in [-0.1, -0.05) is 31.2 Å². The summed E-state index contributed by atoms with van der Waals surface area (Å²) < 4.78 is 5.23. The predicted octanol–water partition coefficient (Wildman–Crippen LogP) is 3.23. The molecule has 1 aromatic rings. The summed E-state index contributed by atoms with van der Waals surface area (Å²) in [6, 6.07) is 8.27. The van der Waals surface area contributed by atoms with Crippen LogP contribution in [0.1, 0.15) is 51.7 Å². The van der Waals surface area contributed by atoms with Gasteiger partial charge in [0.1, 0.15) is 11.9 Å². The summed E-state index contributed by atoms with van der Waals surface area (Å²) in [6.45, 7) is 10.1. The van der Waals surface area contributed by atoms with Gasteiger partial charge in [0.25, 0.3) is 0 Å². The molecule has 0 unspecified atom stereocenters. The third kappa shape index (κ3) is 10.4. The van der Waals surface area contributed by atoms with Gasteiger partial charge in [-0.25, -0.2) is 4.79 Å². The van der Waals surface area contributed by atoms with Crippen LogP contribution in [0, 0.1) is 0 Å². The third-order valence-electron chi connectivity index (χ3n) is 3.52. The molecule has 27 heavy (non-hydrogen) atoms. The van der Waals surface area contributed by atoms with Gasteiger partial charge in [-0.05, 0) is 44.4 Å². The second-order valence-electron chi connectivity index (χ2n) is 7.21. The molecule has 150 valence electrons. The number of aldehydes is 1. The van der Waals surface area contributed by atoms with Crippen LogP contribution in [0.25, 0.3) is 5.70 Å². The van der Waals surface area contributed by atoms with E-state index in [9.17, 15) is 9.59 Å². The van der Waals surface area contributed by atoms with Crippen molar-refractivity contribution < 1.29 is 14.3 Å². The first kappa shape index (κ1) is 22.7. The van der Waals surface area contributed by atoms with Crippen molar-refractivity contribution in [3.8, 4) is 0 Å². The molecule has 0 saturated carbocycles. The molecule has 0 aliphatic carbocycles. The maximum Gasteiger partial charge on any atom is 0.407 e. The maximum absolute atomic E-state index is 11.7. The molecule has 0 spiro atoms. The van der Waals surface area contributed by atoms with E-state index in [2.05, 4.69) is 47.1 Å². The van der Waals surface area contributed by atoms with E-state index in [4.69, 9.17) is 4.74 Å². The number of allylic oxidation sites excluding steroid dienone is 1. The van der Waals surface area contributed by atoms with Crippen molar-refractivity contribution in [2.75, 3.05) is 19.6 Å². The molecule has 6 heteroatoms. The van der Waals surface area contributed by atoms with Gasteiger partial charge in [-0.3, -0.25) is 0 Å². The van der Waals surface area contributed by atoms with Crippen molar-refractivity contribution in [1.82, 2.24) is 16.0 Å². The molecule has 0 saturated heterocycles. The summed E-state index contributed by atoms with van der Waals surface area (Å²) in [5, 5.41) is 9.38. The van der Waals surface area contributed by atoms with Gasteiger partial charge in [0.05, 0.1) is 0 Å². The zero-order chi connectivity index (χ0) is 20.1. The van der Waals surface area contributed by atoms with Crippen LogP contribution in [0.4, 0.5) is 4.79 Å². The van der Waals surface area contributed by atoms with E-state index in [0.29, 0.717) is 26.1 Å². The third-order valence-corrected chi connectivity index (χ3v) is 3.52. The van der Waals surface area contributed by atoms with Gasteiger partial charge >= 0.3 is 6.09 Å². The van der Waals surface area contributed by atoms with Crippen LogP contribution in [0.3, 0.4) is 0 Å². The van der Waals surface area contributed by atoms with Crippen molar-refractivity contribution >= 4 is 18.1 Å². The fourth-order valence-electron chi connectivity index (χ4n) is 2.41. The number of benzene rings is 1. The van der Waals surface area contributed by atoms with Crippen LogP contribution in [0.2, 0.25) is 0 Å². The smallest absolute Gasteiger partial charge is 0.407 e. The van der Waals surface area contributed by atoms with Crippen molar-refractivity contribution in [3.63, 3.8) is 0 Å². The average Bonchev–Trinajstić information content (AvgIpc) is 2.60. The molecule has 1 amide bonds. The molecule has 1 aromatic carbocycles. The Morgan fingerprint density at radius 2 is 1.89 bits per heavy atom. The van der Waals surface area contributed by atoms with Gasteiger partial charge in [0.2, 0.25) is 0 Å². The Morgan fingerprint density at radius 3 is 2.56 bits per heavy atom. The molecule has 0 fully saturated rings. The van der Waals surface area contributed by atoms with Crippen LogP contribution in [-0.2, 0) is 16.1 Å². The van der Waals surface area contributed by atoms with Crippen LogP contribution in [-0.4, -0.2) is 37.6 Å². The van der Waals surface area contributed by atoms with Crippen LogP contribution < -0.4 is 16.0 Å². The molecule has 0 aliphatic rings. The first-order valence-electron chi connectivity index (χ1n) is 9.50. The van der Waals surface area contributed by atoms with E-state index in [0.717, 1.165) is 36.1 Å². The lowest BCUT2D eigenvalue weighted by Crippen LogP contribution is -2.36. The zero-order valence-corrected chi connectivity index (χ0v) is 16.9. The zero-order valence-electron chi connectivity index (χ0n) is 16.9. The lowest BCUT2D eigenvalue weighted by Gasteiger charge is -2.20. The summed E-state index contributed by atoms with van der Waals surface area (Å²) in [5.74, 6) is 0. The number of carbonyl (C=O) groups is 2. The lowest BCUT2D eigenvalue weighted by atomic mass is 10.1. The molecular formula is C21H33N3O3. The Kier molecular flexibility index (Phi) is 10.2. The van der Waals surface area contributed by atoms with Gasteiger partial charge in [0, 0.05) is 38.3 Å². The molecule has 6 nitrogen and oxygen atoms in total. The van der Waals surface area contributed by atoms with E-state index in [1.807, 2.05) is 26.8 Å². The Hall–Kier alpha value is -2.34. The van der Waals surface area contributed by atoms with Gasteiger partial charge < -0.3 is 25.5 Å². The Labute approximate surface area is 162 Å². The molecule has 0 radical (unpaired) electrons. The van der Waals surface area contributed by atoms with Crippen LogP contribution in [0.5, 0.6) is 0 Å². The summed E-state index contributed by atoms with van der Waals surface area (Å²) in [7, 11) is 0. The van der Waals surface area contributed by atoms with Gasteiger partial charge in [-0.15, -0.1) is 0 Å². The highest BCUT2D eigenvalue weighted by Gasteiger charge is 2.15. The number of amides is 1. The van der Waals surface area contributed by atoms with Crippen LogP contribution in [0.15, 0.2) is 30.3 Å². The van der Waals surface area contributed by atoms with E-state index in [1.54, 1.807) is 0 Å². The van der Waals surface area contributed by atoms with Gasteiger partial charge in [0.15, 0.2) is 0 Å². The lowest BCUT2D eigenvalue weighted by molar-refractivity contribution is -0.107. The second-order valence-corrected chi connectivity index (χ2v) is 7.21. The fraction of sp³-hybridized carbons (Fsp3) is 0.524. The average molecular weight is 376 g/mol. The number of carbonyl (C=O) groups excluding carboxylic acids is 2. The van der Waals surface area contributed by atoms with Crippen molar-refractivity contribution in [1.29, 1.82) is 0 Å². The minimum Gasteiger partial charge on any atom is -0.444 e. The van der Waals surface area contributed by atoms with E-state index in [-0.39, 0.29) is 0 Å². The van der Waals surface area contributed by atoms with Gasteiger partial charge in [-0.2, -0.15) is 0 Å². The summed E-state index contributed by atoms with van der Waals surface area (Å²) >= 11 is 0. The van der Waals surface area contributed by atoms with E-state index in [1.165, 1.54) is 0 Å². The molecular weight excluding hydrogens is 342 g/mol. The molecule has 0 aromatic heterocycles. The first-order chi connectivity index (χ1) is 12.9. The number of alkyl carbamates (subject to hydrolysis) is 1. The van der Waals surface area contributed by atoms with E-state index >= 15 is 0 Å². The Balaban J connectivity index is 2.54. The molecule has 3 N–H and O–H groups in total. The Bertz CT molecular complexity index is 621. The minimum absolute atomic E-state index is 0.409. The van der Waals surface area contributed by atoms with Crippen molar-refractivity contribution in [3.05, 3.63) is 41.5 Å². The van der Waals surface area contributed by atoms with Crippen LogP contribution >= 0.6 is 0 Å². The number of ether oxygens (including phenoxy) is 1. The summed E-state index contributed by atoms with van der Waals surface area (Å²) in [6.07, 6.45) is 4.07. The van der Waals surface area contributed by atoms with Crippen molar-refractivity contribution in [2.24, 2.45) is 0 Å². The predicted molar refractivity (Wildman–Crippen MR) is 109 cm³/mol. The standard InChI is InChI=1S/C21H33N3O3/c1-5-8-19(23-12-13-24-20(26)27-21(2,3)4)18-10-6-9-17(15-18)16-22-11-7-14-25/h6,8-10,14-15,22-23H,5,7,11-13,16H2,1-4H3,(H,24,26)/b19-8+. The summed E-state index contributed by atoms with van der Waals surface area (Å²) in [4.78, 5) is 22.1. The highest BCUT2D eigenvalue weighted by Crippen LogP contribution is 2.14. The highest BCUT2D eigenvalue weighted by atomic mass is 16.6. The maximum atomic E-state index is 11.7. The second kappa shape index (κ2) is 12.1. The molecule has 0 aliphatic heterocycles. The molecule has 0 heterocycles. The number of hydrogen-bond donors (Lipinski definition) is 3. The SMILES string of the molecule is CC/C=C(/NCCNC(=O)OC(C)(C)C)c1cccc(CNCCC=O)c1.